The lowest BCUT2D eigenvalue weighted by Crippen LogP contribution is -2.43. The molecule has 114 valence electrons. The highest BCUT2D eigenvalue weighted by Gasteiger charge is 2.35. The van der Waals surface area contributed by atoms with Crippen molar-refractivity contribution in [3.8, 4) is 0 Å². The van der Waals surface area contributed by atoms with Gasteiger partial charge in [0.25, 0.3) is 5.17 Å². The number of carbonyl (C=O) groups is 1. The molecule has 1 aliphatic carbocycles. The molecule has 1 fully saturated rings. The van der Waals surface area contributed by atoms with E-state index in [4.69, 9.17) is 11.1 Å². The molecule has 0 heterocycles. The van der Waals surface area contributed by atoms with Gasteiger partial charge in [0.1, 0.15) is 0 Å². The van der Waals surface area contributed by atoms with Crippen molar-refractivity contribution in [2.24, 2.45) is 5.73 Å². The Balaban J connectivity index is 1.89. The summed E-state index contributed by atoms with van der Waals surface area (Å²) in [7, 11) is 0. The molecule has 0 bridgehead atoms. The molecule has 0 spiro atoms. The van der Waals surface area contributed by atoms with Gasteiger partial charge in [0.2, 0.25) is 5.91 Å². The number of rotatable bonds is 6. The Hall–Kier alpha value is -1.49. The number of carbonyl (C=O) groups excluding carboxylic acids is 1. The maximum atomic E-state index is 11.9. The van der Waals surface area contributed by atoms with Crippen LogP contribution in [-0.2, 0) is 10.2 Å². The first-order valence-corrected chi connectivity index (χ1v) is 8.44. The lowest BCUT2D eigenvalue weighted by atomic mass is 9.79. The Bertz CT molecular complexity index is 484. The largest absolute Gasteiger partial charge is 0.355 e. The van der Waals surface area contributed by atoms with Gasteiger partial charge < -0.3 is 5.32 Å². The summed E-state index contributed by atoms with van der Waals surface area (Å²) in [5.41, 5.74) is 6.83. The zero-order valence-corrected chi connectivity index (χ0v) is 13.1. The highest BCUT2D eigenvalue weighted by atomic mass is 32.2. The lowest BCUT2D eigenvalue weighted by Gasteiger charge is -2.30. The first-order valence-electron chi connectivity index (χ1n) is 7.45. The predicted molar refractivity (Wildman–Crippen MR) is 87.8 cm³/mol. The van der Waals surface area contributed by atoms with Crippen LogP contribution in [0.5, 0.6) is 0 Å². The molecule has 1 saturated carbocycles. The normalized spacial score (nSPS) is 16.6. The first-order chi connectivity index (χ1) is 10.1. The van der Waals surface area contributed by atoms with E-state index in [1.807, 2.05) is 6.07 Å². The lowest BCUT2D eigenvalue weighted by molar-refractivity contribution is -0.120. The van der Waals surface area contributed by atoms with Crippen molar-refractivity contribution in [1.29, 1.82) is 0 Å². The van der Waals surface area contributed by atoms with Gasteiger partial charge in [-0.1, -0.05) is 43.2 Å². The van der Waals surface area contributed by atoms with E-state index in [-0.39, 0.29) is 11.3 Å². The summed E-state index contributed by atoms with van der Waals surface area (Å²) in [6.07, 6.45) is 5.22. The van der Waals surface area contributed by atoms with Crippen molar-refractivity contribution in [1.82, 2.24) is 5.32 Å². The predicted octanol–water partition coefficient (Wildman–Crippen LogP) is 0.812. The standard InChI is InChI=1S/C16H23N3OS/c17-15(18)21-11-8-14(20)19-12-16(9-4-5-10-16)13-6-2-1-3-7-13/h1-3,6-7H,4-5,8-12H2,(H3,17,18)(H,19,20)/p+1. The van der Waals surface area contributed by atoms with E-state index < -0.39 is 0 Å². The fraction of sp³-hybridized carbons (Fsp3) is 0.500. The monoisotopic (exact) mass is 306 g/mol. The molecular weight excluding hydrogens is 282 g/mol. The molecule has 5 heteroatoms. The zero-order chi connectivity index (χ0) is 15.1. The second-order valence-corrected chi connectivity index (χ2v) is 6.80. The van der Waals surface area contributed by atoms with Gasteiger partial charge in [0.15, 0.2) is 0 Å². The molecule has 0 unspecified atom stereocenters. The second-order valence-electron chi connectivity index (χ2n) is 5.63. The maximum absolute atomic E-state index is 11.9. The topological polar surface area (TPSA) is 80.7 Å². The first kappa shape index (κ1) is 15.9. The highest BCUT2D eigenvalue weighted by Crippen LogP contribution is 2.40. The van der Waals surface area contributed by atoms with Crippen LogP contribution in [0.4, 0.5) is 0 Å². The van der Waals surface area contributed by atoms with Crippen molar-refractivity contribution in [2.45, 2.75) is 37.5 Å². The third-order valence-corrected chi connectivity index (χ3v) is 4.91. The highest BCUT2D eigenvalue weighted by molar-refractivity contribution is 8.13. The third-order valence-electron chi connectivity index (χ3n) is 4.17. The van der Waals surface area contributed by atoms with Crippen LogP contribution in [0.25, 0.3) is 0 Å². The minimum Gasteiger partial charge on any atom is -0.355 e. The van der Waals surface area contributed by atoms with Gasteiger partial charge >= 0.3 is 0 Å². The Morgan fingerprint density at radius 2 is 1.95 bits per heavy atom. The number of amides is 1. The van der Waals surface area contributed by atoms with Gasteiger partial charge in [-0.2, -0.15) is 0 Å². The van der Waals surface area contributed by atoms with E-state index in [0.29, 0.717) is 17.3 Å². The van der Waals surface area contributed by atoms with E-state index in [2.05, 4.69) is 29.6 Å². The summed E-state index contributed by atoms with van der Waals surface area (Å²) < 4.78 is 0. The maximum Gasteiger partial charge on any atom is 0.299 e. The second kappa shape index (κ2) is 7.50. The van der Waals surface area contributed by atoms with E-state index >= 15 is 0 Å². The van der Waals surface area contributed by atoms with Crippen LogP contribution in [0.1, 0.15) is 37.7 Å². The summed E-state index contributed by atoms with van der Waals surface area (Å²) >= 11 is 1.32. The van der Waals surface area contributed by atoms with Crippen LogP contribution >= 0.6 is 11.8 Å². The van der Waals surface area contributed by atoms with Crippen LogP contribution in [-0.4, -0.2) is 23.4 Å². The number of thioether (sulfide) groups is 1. The van der Waals surface area contributed by atoms with Crippen LogP contribution in [0, 0.1) is 0 Å². The number of amidine groups is 1. The van der Waals surface area contributed by atoms with Gasteiger partial charge in [-0.15, -0.1) is 0 Å². The van der Waals surface area contributed by atoms with Gasteiger partial charge in [-0.05, 0) is 30.2 Å². The molecule has 2 rings (SSSR count). The van der Waals surface area contributed by atoms with Crippen molar-refractivity contribution in [3.05, 3.63) is 35.9 Å². The number of benzene rings is 1. The average Bonchev–Trinajstić information content (AvgIpc) is 2.96. The van der Waals surface area contributed by atoms with Gasteiger partial charge in [-0.25, -0.2) is 0 Å². The van der Waals surface area contributed by atoms with E-state index in [9.17, 15) is 4.79 Å². The molecule has 1 aromatic carbocycles. The summed E-state index contributed by atoms with van der Waals surface area (Å²) in [4.78, 5) is 11.9. The van der Waals surface area contributed by atoms with E-state index in [1.165, 1.54) is 30.2 Å². The van der Waals surface area contributed by atoms with E-state index in [1.54, 1.807) is 0 Å². The summed E-state index contributed by atoms with van der Waals surface area (Å²) in [5.74, 6) is 0.706. The fourth-order valence-corrected chi connectivity index (χ4v) is 3.55. The van der Waals surface area contributed by atoms with Crippen LogP contribution in [0.15, 0.2) is 30.3 Å². The van der Waals surface area contributed by atoms with Gasteiger partial charge in [0, 0.05) is 24.1 Å². The molecule has 0 radical (unpaired) electrons. The van der Waals surface area contributed by atoms with Crippen LogP contribution in [0.3, 0.4) is 0 Å². The Kier molecular flexibility index (Phi) is 5.67. The van der Waals surface area contributed by atoms with E-state index in [0.717, 1.165) is 19.4 Å². The quantitative estimate of drug-likeness (QED) is 0.537. The summed E-state index contributed by atoms with van der Waals surface area (Å²) in [5, 5.41) is 8.79. The molecule has 0 saturated heterocycles. The molecule has 5 N–H and O–H groups in total. The Labute approximate surface area is 130 Å². The number of nitrogens with two attached hydrogens (primary N) is 2. The molecule has 0 aliphatic heterocycles. The van der Waals surface area contributed by atoms with Crippen LogP contribution < -0.4 is 16.5 Å². The summed E-state index contributed by atoms with van der Waals surface area (Å²) in [6.45, 7) is 0.725. The molecule has 1 aliphatic rings. The number of hydrogen-bond donors (Lipinski definition) is 3. The van der Waals surface area contributed by atoms with Crippen LogP contribution in [0.2, 0.25) is 0 Å². The number of hydrogen-bond acceptors (Lipinski definition) is 2. The summed E-state index contributed by atoms with van der Waals surface area (Å²) in [6, 6.07) is 10.5. The van der Waals surface area contributed by atoms with Crippen molar-refractivity contribution < 1.29 is 10.2 Å². The minimum absolute atomic E-state index is 0.0750. The Morgan fingerprint density at radius 3 is 2.57 bits per heavy atom. The molecule has 4 nitrogen and oxygen atoms in total. The third kappa shape index (κ3) is 4.49. The smallest absolute Gasteiger partial charge is 0.299 e. The average molecular weight is 306 g/mol. The molecule has 21 heavy (non-hydrogen) atoms. The molecular formula is C16H24N3OS+. The van der Waals surface area contributed by atoms with Gasteiger partial charge in [-0.3, -0.25) is 15.9 Å². The van der Waals surface area contributed by atoms with Gasteiger partial charge in [0.05, 0.1) is 0 Å². The molecule has 1 aromatic rings. The molecule has 0 aromatic heterocycles. The van der Waals surface area contributed by atoms with Crippen molar-refractivity contribution in [3.63, 3.8) is 0 Å². The van der Waals surface area contributed by atoms with Crippen molar-refractivity contribution in [2.75, 3.05) is 12.3 Å². The minimum atomic E-state index is 0.0750. The number of nitrogens with one attached hydrogen (secondary N) is 1. The fourth-order valence-electron chi connectivity index (χ4n) is 3.03. The Morgan fingerprint density at radius 1 is 1.29 bits per heavy atom. The molecule has 0 atom stereocenters. The zero-order valence-electron chi connectivity index (χ0n) is 12.3. The molecule has 1 amide bonds. The SMILES string of the molecule is NC(=[NH2+])SCCC(=O)NCC1(c2ccccc2)CCCC1. The van der Waals surface area contributed by atoms with Crippen molar-refractivity contribution >= 4 is 22.8 Å².